The first-order valence-corrected chi connectivity index (χ1v) is 41.0. The molecule has 11 aliphatic rings. The second-order valence-electron chi connectivity index (χ2n) is 32.9. The van der Waals surface area contributed by atoms with Crippen molar-refractivity contribution in [2.75, 3.05) is 39.6 Å². The first kappa shape index (κ1) is 103. The van der Waals surface area contributed by atoms with Crippen molar-refractivity contribution in [1.29, 1.82) is 0 Å². The number of ether oxygens (including phenoxy) is 21. The quantitative estimate of drug-likeness (QED) is 0.0331. The standard InChI is InChI=1S/C72H121N3O51/c1-15-32(85)55(47(100)62(105)106-15)120-63-30(74-21(7)83)53(41(94)27(13-80)111-63)118-71-60(44(97)38(91)24(10-77)115-71)125-69-51(104)59(36(89)19(5)109-69)124-68-49(102)57(34(87)17(3)108-68)122-65-31(75-22(8)84)54(42(95)28(14-81)113-65)119-72-61(45(98)39(92)25(11-78)116-72)126-70-50(103)58(35(88)18(4)110-70)123-67-48(101)56(33(86)16(2)107-67)121-64-29(73-20(6)82)52(40(93)26(12-79)112-64)117-66-46(99)43(96)37(90)23(9-76)114-66/h15-19,23-72,76-81,85-105H,9-14H2,1-8H3,(H,73,82)(H,74,83)(H,75,84)/t15-,16-,17-,18-,19-,23+,24+,25+,26+,27+,28+,29+,30+,31+,32-,33-,34-,35-,36-,37+,38+,39+,40+,41+,42+,43-,44-,45-,46+,47+,48+,49+,50+,51+,52+,53+,54+,55+,56+,57+,58+,59+,60+,61+,62+,63+,64+,65+,66+,67-,68-,69-,70-,71+,72+/m0/s1. The van der Waals surface area contributed by atoms with Gasteiger partial charge in [0.05, 0.1) is 70.2 Å². The third-order valence-corrected chi connectivity index (χ3v) is 24.0. The van der Waals surface area contributed by atoms with E-state index in [4.69, 9.17) is 99.5 Å². The van der Waals surface area contributed by atoms with Crippen molar-refractivity contribution < 1.29 is 252 Å². The summed E-state index contributed by atoms with van der Waals surface area (Å²) in [7, 11) is 0. The lowest BCUT2D eigenvalue weighted by Gasteiger charge is -2.51. The molecule has 730 valence electrons. The number of amides is 3. The van der Waals surface area contributed by atoms with Crippen LogP contribution in [0.25, 0.3) is 0 Å². The Morgan fingerprint density at radius 3 is 0.675 bits per heavy atom. The fourth-order valence-electron chi connectivity index (χ4n) is 16.8. The van der Waals surface area contributed by atoms with Gasteiger partial charge < -0.3 is 253 Å². The molecule has 11 saturated heterocycles. The van der Waals surface area contributed by atoms with Crippen LogP contribution in [0.2, 0.25) is 0 Å². The molecule has 30 N–H and O–H groups in total. The lowest BCUT2D eigenvalue weighted by Crippen LogP contribution is -2.70. The van der Waals surface area contributed by atoms with Crippen molar-refractivity contribution in [2.45, 2.75) is 393 Å². The highest BCUT2D eigenvalue weighted by atomic mass is 16.8. The lowest BCUT2D eigenvalue weighted by atomic mass is 9.94. The van der Waals surface area contributed by atoms with Crippen molar-refractivity contribution in [3.05, 3.63) is 0 Å². The monoisotopic (exact) mass is 1840 g/mol. The van der Waals surface area contributed by atoms with Crippen molar-refractivity contribution in [3.8, 4) is 0 Å². The molecule has 0 aliphatic carbocycles. The van der Waals surface area contributed by atoms with Gasteiger partial charge in [-0.3, -0.25) is 14.4 Å². The molecule has 11 heterocycles. The van der Waals surface area contributed by atoms with Crippen LogP contribution >= 0.6 is 0 Å². The number of rotatable bonds is 29. The topological polar surface area (TPSA) is 827 Å². The number of carbonyl (C=O) groups is 3. The first-order chi connectivity index (χ1) is 59.4. The summed E-state index contributed by atoms with van der Waals surface area (Å²) >= 11 is 0. The van der Waals surface area contributed by atoms with Gasteiger partial charge in [0.15, 0.2) is 69.2 Å². The summed E-state index contributed by atoms with van der Waals surface area (Å²) in [6.07, 6.45) is -102. The molecular weight excluding hydrogens is 1720 g/mol. The maximum absolute atomic E-state index is 13.4. The maximum atomic E-state index is 13.4. The van der Waals surface area contributed by atoms with Gasteiger partial charge in [-0.05, 0) is 34.6 Å². The van der Waals surface area contributed by atoms with E-state index in [9.17, 15) is 152 Å². The predicted molar refractivity (Wildman–Crippen MR) is 390 cm³/mol. The molecule has 0 aromatic carbocycles. The number of hydrogen-bond donors (Lipinski definition) is 30. The molecule has 0 unspecified atom stereocenters. The van der Waals surface area contributed by atoms with Gasteiger partial charge in [0.1, 0.15) is 238 Å². The van der Waals surface area contributed by atoms with E-state index in [1.165, 1.54) is 34.6 Å². The van der Waals surface area contributed by atoms with Gasteiger partial charge in [0.2, 0.25) is 17.7 Å². The molecule has 11 fully saturated rings. The Kier molecular flexibility index (Phi) is 35.9. The highest BCUT2D eigenvalue weighted by Crippen LogP contribution is 2.42. The van der Waals surface area contributed by atoms with Crippen LogP contribution in [0.1, 0.15) is 55.4 Å². The first-order valence-electron chi connectivity index (χ1n) is 41.0. The average molecular weight is 1840 g/mol. The Balaban J connectivity index is 0.799. The van der Waals surface area contributed by atoms with Crippen LogP contribution in [0.3, 0.4) is 0 Å². The predicted octanol–water partition coefficient (Wildman–Crippen LogP) is -19.4. The summed E-state index contributed by atoms with van der Waals surface area (Å²) in [6.45, 7) is 2.93. The Labute approximate surface area is 716 Å². The molecular formula is C72H121N3O51. The number of nitrogens with one attached hydrogen (secondary N) is 3. The molecule has 55 atom stereocenters. The Morgan fingerprint density at radius 2 is 0.405 bits per heavy atom. The second-order valence-corrected chi connectivity index (χ2v) is 32.9. The molecule has 126 heavy (non-hydrogen) atoms. The third kappa shape index (κ3) is 21.9. The summed E-state index contributed by atoms with van der Waals surface area (Å²) in [4.78, 5) is 39.1. The summed E-state index contributed by atoms with van der Waals surface area (Å²) in [5, 5.41) is 311. The molecule has 54 heteroatoms. The Bertz CT molecular complexity index is 3410. The maximum Gasteiger partial charge on any atom is 0.217 e. The van der Waals surface area contributed by atoms with Crippen molar-refractivity contribution >= 4 is 17.7 Å². The zero-order valence-electron chi connectivity index (χ0n) is 68.9. The van der Waals surface area contributed by atoms with Crippen LogP contribution in [0.15, 0.2) is 0 Å². The van der Waals surface area contributed by atoms with Crippen LogP contribution in [-0.4, -0.2) is 533 Å². The number of carbonyl (C=O) groups excluding carboxylic acids is 3. The van der Waals surface area contributed by atoms with E-state index in [1.807, 2.05) is 0 Å². The van der Waals surface area contributed by atoms with Crippen molar-refractivity contribution in [3.63, 3.8) is 0 Å². The van der Waals surface area contributed by atoms with Crippen LogP contribution in [-0.2, 0) is 114 Å². The molecule has 11 aliphatic heterocycles. The lowest BCUT2D eigenvalue weighted by molar-refractivity contribution is -0.400. The SMILES string of the molecule is CC(=O)N[C@H]1[C@@H](O[C@@H]2[C@@H](O)[C@H](C)O[C@@H](O[C@@H]3[C@@H](O)[C@H](C)O[C@@H](O[C@H]4[C@@H](O[C@H]5[C@H](O)[C@@H](CO)O[C@H](O[C@@H]6[C@@H](O)[C@H](C)O[C@@H](O[C@@H]7[C@@H](O)[C@H](C)O[C@@H](O[C@H]8[C@@H](O[C@H]9[C@H](O)[C@@H](CO)O[C@H](O[C@@H]%10[C@@H](O)[C@H](C)O[C@@H](O)[C@@H]%10O)[C@@H]9NC(C)=O)O[C@H](CO)[C@@H](O)[C@@H]8O)[C@@H]7O)[C@@H]6O)[C@@H]5NC(C)=O)O[C@H](CO)[C@@H](O)[C@@H]4O)[C@@H]3O)[C@@H]2O)O[C@H](CO)[C@@H](O)[C@@H]1O[C@H]1O[C@H](CO)[C@@H](O)[C@H](O)[C@H]1O. The summed E-state index contributed by atoms with van der Waals surface area (Å²) in [5.74, 6) is -2.68. The van der Waals surface area contributed by atoms with E-state index in [0.29, 0.717) is 0 Å². The summed E-state index contributed by atoms with van der Waals surface area (Å²) < 4.78 is 125. The molecule has 0 aromatic heterocycles. The molecule has 11 rings (SSSR count). The van der Waals surface area contributed by atoms with E-state index in [1.54, 1.807) is 0 Å². The van der Waals surface area contributed by atoms with Gasteiger partial charge in [0, 0.05) is 20.8 Å². The molecule has 3 amide bonds. The van der Waals surface area contributed by atoms with Crippen LogP contribution < -0.4 is 16.0 Å². The summed E-state index contributed by atoms with van der Waals surface area (Å²) in [5.41, 5.74) is 0. The van der Waals surface area contributed by atoms with Gasteiger partial charge in [-0.2, -0.15) is 0 Å². The minimum atomic E-state index is -2.33. The van der Waals surface area contributed by atoms with E-state index in [0.717, 1.165) is 20.8 Å². The largest absolute Gasteiger partial charge is 0.394 e. The second kappa shape index (κ2) is 43.9. The van der Waals surface area contributed by atoms with Gasteiger partial charge in [-0.25, -0.2) is 0 Å². The van der Waals surface area contributed by atoms with E-state index >= 15 is 0 Å². The Morgan fingerprint density at radius 1 is 0.206 bits per heavy atom. The van der Waals surface area contributed by atoms with Gasteiger partial charge in [-0.1, -0.05) is 0 Å². The zero-order chi connectivity index (χ0) is 92.7. The number of aliphatic hydroxyl groups excluding tert-OH is 27. The van der Waals surface area contributed by atoms with Gasteiger partial charge >= 0.3 is 0 Å². The third-order valence-electron chi connectivity index (χ3n) is 24.0. The smallest absolute Gasteiger partial charge is 0.217 e. The molecule has 0 spiro atoms. The van der Waals surface area contributed by atoms with Crippen molar-refractivity contribution in [1.82, 2.24) is 16.0 Å². The fourth-order valence-corrected chi connectivity index (χ4v) is 16.8. The van der Waals surface area contributed by atoms with Crippen LogP contribution in [0, 0.1) is 0 Å². The minimum absolute atomic E-state index is 0.858. The number of hydrogen-bond acceptors (Lipinski definition) is 51. The van der Waals surface area contributed by atoms with Gasteiger partial charge in [0.25, 0.3) is 0 Å². The molecule has 0 bridgehead atoms. The normalized spacial score (nSPS) is 52.3. The van der Waals surface area contributed by atoms with E-state index < -0.39 is 395 Å². The van der Waals surface area contributed by atoms with E-state index in [-0.39, 0.29) is 0 Å². The molecule has 0 radical (unpaired) electrons. The molecule has 54 nitrogen and oxygen atoms in total. The highest BCUT2D eigenvalue weighted by Gasteiger charge is 2.63. The summed E-state index contributed by atoms with van der Waals surface area (Å²) in [6, 6.07) is -5.47. The zero-order valence-corrected chi connectivity index (χ0v) is 68.9. The fraction of sp³-hybridized carbons (Fsp3) is 0.958. The molecule has 0 aromatic rings. The molecule has 0 saturated carbocycles. The number of aliphatic hydroxyl groups is 27. The van der Waals surface area contributed by atoms with Crippen LogP contribution in [0.5, 0.6) is 0 Å². The van der Waals surface area contributed by atoms with Crippen LogP contribution in [0.4, 0.5) is 0 Å². The van der Waals surface area contributed by atoms with Crippen molar-refractivity contribution in [2.24, 2.45) is 0 Å². The highest BCUT2D eigenvalue weighted by molar-refractivity contribution is 5.74. The Hall–Kier alpha value is -3.51. The van der Waals surface area contributed by atoms with Gasteiger partial charge in [-0.15, -0.1) is 0 Å². The minimum Gasteiger partial charge on any atom is -0.394 e. The van der Waals surface area contributed by atoms with E-state index in [2.05, 4.69) is 16.0 Å². The average Bonchev–Trinajstić information content (AvgIpc) is 0.764.